The van der Waals surface area contributed by atoms with E-state index in [0.29, 0.717) is 23.9 Å². The molecule has 0 heterocycles. The summed E-state index contributed by atoms with van der Waals surface area (Å²) >= 11 is 0. The van der Waals surface area contributed by atoms with Crippen molar-refractivity contribution in [2.75, 3.05) is 0 Å². The van der Waals surface area contributed by atoms with Gasteiger partial charge in [0.15, 0.2) is 0 Å². The molecule has 1 aromatic carbocycles. The lowest BCUT2D eigenvalue weighted by Gasteiger charge is -2.53. The summed E-state index contributed by atoms with van der Waals surface area (Å²) in [4.78, 5) is 13.7. The summed E-state index contributed by atoms with van der Waals surface area (Å²) in [5.41, 5.74) is 9.04. The van der Waals surface area contributed by atoms with Crippen LogP contribution in [0.5, 0.6) is 0 Å². The number of amides is 1. The Hall–Kier alpha value is -1.61. The lowest BCUT2D eigenvalue weighted by atomic mass is 9.51. The topological polar surface area (TPSA) is 55.1 Å². The molecule has 3 unspecified atom stereocenters. The van der Waals surface area contributed by atoms with E-state index in [0.717, 1.165) is 44.4 Å². The fourth-order valence-electron chi connectivity index (χ4n) is 6.76. The Balaban J connectivity index is 1.41. The number of allylic oxidation sites excluding steroid dienone is 2. The minimum Gasteiger partial charge on any atom is -0.353 e. The largest absolute Gasteiger partial charge is 0.353 e. The van der Waals surface area contributed by atoms with Gasteiger partial charge in [-0.05, 0) is 93.4 Å². The Bertz CT molecular complexity index is 805. The summed E-state index contributed by atoms with van der Waals surface area (Å²) in [5.74, 6) is 1.67. The summed E-state index contributed by atoms with van der Waals surface area (Å²) in [6, 6.07) is 11.7. The summed E-state index contributed by atoms with van der Waals surface area (Å²) in [5, 5.41) is 3.46. The van der Waals surface area contributed by atoms with Crippen LogP contribution in [0.1, 0.15) is 83.1 Å². The van der Waals surface area contributed by atoms with Crippen molar-refractivity contribution >= 4 is 5.91 Å². The molecule has 4 aliphatic carbocycles. The average molecular weight is 407 g/mol. The fourth-order valence-corrected chi connectivity index (χ4v) is 6.76. The van der Waals surface area contributed by atoms with Crippen LogP contribution in [0.2, 0.25) is 0 Å². The molecule has 0 aliphatic heterocycles. The van der Waals surface area contributed by atoms with E-state index in [2.05, 4.69) is 48.6 Å². The lowest BCUT2D eigenvalue weighted by Crippen LogP contribution is -2.53. The van der Waals surface area contributed by atoms with Gasteiger partial charge in [-0.1, -0.05) is 48.9 Å². The minimum absolute atomic E-state index is 0.145. The molecule has 0 saturated heterocycles. The molecule has 1 aromatic rings. The molecule has 162 valence electrons. The number of hydrogen-bond donors (Lipinski definition) is 2. The maximum atomic E-state index is 13.7. The number of carbonyl (C=O) groups excluding carboxylic acids is 1. The van der Waals surface area contributed by atoms with Gasteiger partial charge < -0.3 is 11.1 Å². The predicted molar refractivity (Wildman–Crippen MR) is 122 cm³/mol. The Morgan fingerprint density at radius 3 is 2.50 bits per heavy atom. The maximum Gasteiger partial charge on any atom is 0.226 e. The summed E-state index contributed by atoms with van der Waals surface area (Å²) in [6.07, 6.45) is 15.1. The van der Waals surface area contributed by atoms with E-state index in [4.69, 9.17) is 5.73 Å². The predicted octanol–water partition coefficient (Wildman–Crippen LogP) is 5.25. The van der Waals surface area contributed by atoms with Crippen molar-refractivity contribution in [1.29, 1.82) is 0 Å². The molecular formula is C27H38N2O. The van der Waals surface area contributed by atoms with Gasteiger partial charge in [0, 0.05) is 17.5 Å². The van der Waals surface area contributed by atoms with Crippen LogP contribution in [-0.2, 0) is 10.2 Å². The van der Waals surface area contributed by atoms with E-state index >= 15 is 0 Å². The molecule has 3 heteroatoms. The number of carbonyl (C=O) groups is 1. The van der Waals surface area contributed by atoms with Crippen molar-refractivity contribution in [3.8, 4) is 0 Å². The van der Waals surface area contributed by atoms with Crippen molar-refractivity contribution in [2.24, 2.45) is 23.0 Å². The third-order valence-electron chi connectivity index (χ3n) is 8.59. The van der Waals surface area contributed by atoms with Gasteiger partial charge in [-0.15, -0.1) is 0 Å². The highest BCUT2D eigenvalue weighted by atomic mass is 16.2. The van der Waals surface area contributed by atoms with Crippen LogP contribution in [0, 0.1) is 17.3 Å². The quantitative estimate of drug-likeness (QED) is 0.671. The van der Waals surface area contributed by atoms with Crippen LogP contribution >= 0.6 is 0 Å². The van der Waals surface area contributed by atoms with Crippen molar-refractivity contribution in [3.63, 3.8) is 0 Å². The highest BCUT2D eigenvalue weighted by Crippen LogP contribution is 2.58. The molecule has 3 nitrogen and oxygen atoms in total. The second-order valence-electron chi connectivity index (χ2n) is 11.2. The van der Waals surface area contributed by atoms with Crippen LogP contribution in [0.3, 0.4) is 0 Å². The first-order chi connectivity index (χ1) is 14.5. The molecule has 1 amide bonds. The lowest BCUT2D eigenvalue weighted by molar-refractivity contribution is -0.136. The maximum absolute atomic E-state index is 13.7. The Morgan fingerprint density at radius 2 is 1.80 bits per heavy atom. The molecule has 5 rings (SSSR count). The van der Waals surface area contributed by atoms with Crippen molar-refractivity contribution < 1.29 is 4.79 Å². The fraction of sp³-hybridized carbons (Fsp3) is 0.667. The molecule has 3 atom stereocenters. The monoisotopic (exact) mass is 406 g/mol. The van der Waals surface area contributed by atoms with Gasteiger partial charge >= 0.3 is 0 Å². The van der Waals surface area contributed by atoms with Gasteiger partial charge in [-0.2, -0.15) is 0 Å². The number of fused-ring (bicyclic) bond motifs is 2. The zero-order valence-electron chi connectivity index (χ0n) is 18.5. The van der Waals surface area contributed by atoms with Crippen molar-refractivity contribution in [1.82, 2.24) is 5.32 Å². The molecule has 0 radical (unpaired) electrons. The molecule has 4 fully saturated rings. The van der Waals surface area contributed by atoms with Gasteiger partial charge in [0.1, 0.15) is 0 Å². The number of benzene rings is 1. The van der Waals surface area contributed by atoms with Crippen LogP contribution < -0.4 is 11.1 Å². The van der Waals surface area contributed by atoms with Gasteiger partial charge in [-0.25, -0.2) is 0 Å². The molecule has 4 saturated carbocycles. The van der Waals surface area contributed by atoms with Gasteiger partial charge in [0.2, 0.25) is 5.91 Å². The third-order valence-corrected chi connectivity index (χ3v) is 8.59. The zero-order valence-corrected chi connectivity index (χ0v) is 18.5. The van der Waals surface area contributed by atoms with Crippen LogP contribution in [0.4, 0.5) is 0 Å². The standard InChI is InChI=1S/C27H38N2O/c1-26(25(30)29-24-11-9-23(28)10-12-24)16-21-17-27(18-26,22-5-3-2-4-6-22)14-13-20(21)15-19-7-8-19/h2-6,15,19,21,23-24H,7-14,16-18,28H2,1H3,(H,29,30)/b20-15+/t21?,23-,24-,26?,27?. The van der Waals surface area contributed by atoms with E-state index in [1.54, 1.807) is 5.57 Å². The molecule has 2 bridgehead atoms. The van der Waals surface area contributed by atoms with Gasteiger partial charge in [0.05, 0.1) is 0 Å². The highest BCUT2D eigenvalue weighted by molar-refractivity contribution is 5.83. The van der Waals surface area contributed by atoms with E-state index < -0.39 is 0 Å². The van der Waals surface area contributed by atoms with Crippen molar-refractivity contribution in [3.05, 3.63) is 47.5 Å². The van der Waals surface area contributed by atoms with Gasteiger partial charge in [0.25, 0.3) is 0 Å². The number of nitrogens with one attached hydrogen (secondary N) is 1. The third kappa shape index (κ3) is 3.98. The SMILES string of the molecule is CC1(C(=O)N[C@H]2CC[C@H](N)CC2)CC2CC(c3ccccc3)(CC/C2=C\C2CC2)C1. The van der Waals surface area contributed by atoms with Crippen LogP contribution in [0.25, 0.3) is 0 Å². The zero-order chi connectivity index (χ0) is 20.8. The summed E-state index contributed by atoms with van der Waals surface area (Å²) in [6.45, 7) is 2.25. The van der Waals surface area contributed by atoms with E-state index in [1.165, 1.54) is 37.7 Å². The molecule has 4 aliphatic rings. The van der Waals surface area contributed by atoms with E-state index in [9.17, 15) is 4.79 Å². The normalized spacial score (nSPS) is 40.2. The highest BCUT2D eigenvalue weighted by Gasteiger charge is 2.53. The molecular weight excluding hydrogens is 368 g/mol. The first-order valence-electron chi connectivity index (χ1n) is 12.3. The van der Waals surface area contributed by atoms with E-state index in [-0.39, 0.29) is 10.8 Å². The minimum atomic E-state index is -0.290. The molecule has 0 aromatic heterocycles. The Labute approximate surface area is 181 Å². The van der Waals surface area contributed by atoms with Gasteiger partial charge in [-0.3, -0.25) is 4.79 Å². The molecule has 30 heavy (non-hydrogen) atoms. The molecule has 3 N–H and O–H groups in total. The first kappa shape index (κ1) is 20.3. The average Bonchev–Trinajstić information content (AvgIpc) is 3.56. The Kier molecular flexibility index (Phi) is 5.29. The smallest absolute Gasteiger partial charge is 0.226 e. The second kappa shape index (κ2) is 7.82. The van der Waals surface area contributed by atoms with Crippen molar-refractivity contribution in [2.45, 2.75) is 95.1 Å². The molecule has 0 spiro atoms. The Morgan fingerprint density at radius 1 is 1.07 bits per heavy atom. The summed E-state index contributed by atoms with van der Waals surface area (Å²) in [7, 11) is 0. The number of hydrogen-bond acceptors (Lipinski definition) is 2. The van der Waals surface area contributed by atoms with E-state index in [1.807, 2.05) is 0 Å². The number of rotatable bonds is 4. The first-order valence-corrected chi connectivity index (χ1v) is 12.3. The summed E-state index contributed by atoms with van der Waals surface area (Å²) < 4.78 is 0. The number of nitrogens with two attached hydrogens (primary N) is 1. The van der Waals surface area contributed by atoms with Crippen LogP contribution in [-0.4, -0.2) is 18.0 Å². The van der Waals surface area contributed by atoms with Crippen LogP contribution in [0.15, 0.2) is 42.0 Å². The second-order valence-corrected chi connectivity index (χ2v) is 11.2.